The van der Waals surface area contributed by atoms with Gasteiger partial charge in [-0.2, -0.15) is 5.10 Å². The summed E-state index contributed by atoms with van der Waals surface area (Å²) in [5.74, 6) is 0.821. The highest BCUT2D eigenvalue weighted by molar-refractivity contribution is 14.0. The molecule has 1 fully saturated rings. The average molecular weight is 521 g/mol. The number of nitrogens with one attached hydrogen (secondary N) is 2. The highest BCUT2D eigenvalue weighted by Crippen LogP contribution is 2.22. The van der Waals surface area contributed by atoms with Gasteiger partial charge in [-0.3, -0.25) is 14.5 Å². The first-order valence-corrected chi connectivity index (χ1v) is 9.87. The van der Waals surface area contributed by atoms with E-state index < -0.39 is 0 Å². The van der Waals surface area contributed by atoms with E-state index in [1.165, 1.54) is 22.2 Å². The molecule has 0 aliphatic carbocycles. The van der Waals surface area contributed by atoms with E-state index in [9.17, 15) is 4.79 Å². The molecular formula is C21H28IN7O. The van der Waals surface area contributed by atoms with Gasteiger partial charge < -0.3 is 20.1 Å². The van der Waals surface area contributed by atoms with Gasteiger partial charge in [-0.15, -0.1) is 24.0 Å². The van der Waals surface area contributed by atoms with Crippen LogP contribution in [0.2, 0.25) is 0 Å². The van der Waals surface area contributed by atoms with Gasteiger partial charge in [0.15, 0.2) is 5.96 Å². The van der Waals surface area contributed by atoms with Crippen molar-refractivity contribution in [3.8, 4) is 0 Å². The zero-order valence-electron chi connectivity index (χ0n) is 17.6. The highest BCUT2D eigenvalue weighted by Gasteiger charge is 2.27. The van der Waals surface area contributed by atoms with Crippen LogP contribution in [-0.4, -0.2) is 64.8 Å². The summed E-state index contributed by atoms with van der Waals surface area (Å²) in [5.41, 5.74) is 4.53. The molecule has 4 rings (SSSR count). The summed E-state index contributed by atoms with van der Waals surface area (Å²) in [7, 11) is 3.61. The van der Waals surface area contributed by atoms with Crippen LogP contribution in [0.5, 0.6) is 0 Å². The number of anilines is 1. The number of rotatable bonds is 4. The lowest BCUT2D eigenvalue weighted by Gasteiger charge is -2.35. The van der Waals surface area contributed by atoms with Crippen molar-refractivity contribution in [1.29, 1.82) is 0 Å². The van der Waals surface area contributed by atoms with Crippen molar-refractivity contribution in [1.82, 2.24) is 25.0 Å². The Morgan fingerprint density at radius 3 is 2.80 bits per heavy atom. The van der Waals surface area contributed by atoms with Gasteiger partial charge in [0.25, 0.3) is 0 Å². The summed E-state index contributed by atoms with van der Waals surface area (Å²) >= 11 is 0. The van der Waals surface area contributed by atoms with Crippen molar-refractivity contribution in [3.05, 3.63) is 47.9 Å². The molecule has 0 saturated carbocycles. The van der Waals surface area contributed by atoms with Crippen LogP contribution in [0.15, 0.2) is 41.7 Å². The number of amides is 1. The molecule has 1 aliphatic rings. The smallest absolute Gasteiger partial charge is 0.246 e. The number of carbonyl (C=O) groups excluding carboxylic acids is 1. The number of H-pyrrole nitrogens is 1. The van der Waals surface area contributed by atoms with E-state index in [1.54, 1.807) is 22.8 Å². The first-order valence-electron chi connectivity index (χ1n) is 9.87. The zero-order chi connectivity index (χ0) is 20.4. The van der Waals surface area contributed by atoms with E-state index >= 15 is 0 Å². The van der Waals surface area contributed by atoms with Gasteiger partial charge in [-0.25, -0.2) is 0 Å². The van der Waals surface area contributed by atoms with Crippen molar-refractivity contribution in [2.45, 2.75) is 13.3 Å². The van der Waals surface area contributed by atoms with Gasteiger partial charge in [0.05, 0.1) is 11.9 Å². The molecule has 2 aromatic heterocycles. The molecule has 1 amide bonds. The number of aromatic nitrogens is 3. The number of benzene rings is 1. The van der Waals surface area contributed by atoms with E-state index in [-0.39, 0.29) is 29.9 Å². The average Bonchev–Trinajstić information content (AvgIpc) is 3.28. The largest absolute Gasteiger partial charge is 0.358 e. The summed E-state index contributed by atoms with van der Waals surface area (Å²) in [5, 5.41) is 8.85. The topological polar surface area (TPSA) is 81.6 Å². The molecule has 8 nitrogen and oxygen atoms in total. The van der Waals surface area contributed by atoms with Crippen molar-refractivity contribution in [2.75, 3.05) is 38.1 Å². The van der Waals surface area contributed by atoms with Crippen LogP contribution in [0.3, 0.4) is 0 Å². The minimum absolute atomic E-state index is 0. The Balaban J connectivity index is 0.00000256. The summed E-state index contributed by atoms with van der Waals surface area (Å²) in [4.78, 5) is 24.3. The predicted molar refractivity (Wildman–Crippen MR) is 131 cm³/mol. The number of guanidine groups is 1. The molecule has 0 radical (unpaired) electrons. The van der Waals surface area contributed by atoms with Crippen molar-refractivity contribution >= 4 is 52.4 Å². The molecule has 0 unspecified atom stereocenters. The van der Waals surface area contributed by atoms with Gasteiger partial charge in [0, 0.05) is 56.5 Å². The summed E-state index contributed by atoms with van der Waals surface area (Å²) in [6.45, 7) is 4.52. The quantitative estimate of drug-likeness (QED) is 0.314. The third-order valence-electron chi connectivity index (χ3n) is 5.42. The fraction of sp³-hybridized carbons (Fsp3) is 0.381. The normalized spacial score (nSPS) is 14.9. The van der Waals surface area contributed by atoms with Gasteiger partial charge in [-0.05, 0) is 25.0 Å². The lowest BCUT2D eigenvalue weighted by molar-refractivity contribution is -0.120. The van der Waals surface area contributed by atoms with Crippen LogP contribution in [-0.2, 0) is 18.3 Å². The van der Waals surface area contributed by atoms with Crippen LogP contribution >= 0.6 is 24.0 Å². The molecule has 9 heteroatoms. The van der Waals surface area contributed by atoms with Gasteiger partial charge in [0.2, 0.25) is 5.91 Å². The molecule has 1 aromatic carbocycles. The molecule has 30 heavy (non-hydrogen) atoms. The molecular weight excluding hydrogens is 493 g/mol. The van der Waals surface area contributed by atoms with Crippen LogP contribution in [0.1, 0.15) is 11.3 Å². The second-order valence-electron chi connectivity index (χ2n) is 7.34. The maximum atomic E-state index is 12.6. The van der Waals surface area contributed by atoms with Crippen LogP contribution < -0.4 is 10.2 Å². The first kappa shape index (κ1) is 22.1. The Labute approximate surface area is 193 Å². The maximum absolute atomic E-state index is 12.6. The number of halogens is 1. The number of hydrogen-bond acceptors (Lipinski definition) is 3. The molecule has 160 valence electrons. The minimum Gasteiger partial charge on any atom is -0.358 e. The molecule has 2 N–H and O–H groups in total. The maximum Gasteiger partial charge on any atom is 0.246 e. The Kier molecular flexibility index (Phi) is 7.01. The Morgan fingerprint density at radius 2 is 2.10 bits per heavy atom. The number of fused-ring (bicyclic) bond motifs is 1. The predicted octanol–water partition coefficient (Wildman–Crippen LogP) is 2.29. The van der Waals surface area contributed by atoms with Crippen LogP contribution in [0.25, 0.3) is 10.9 Å². The molecule has 1 aliphatic heterocycles. The lowest BCUT2D eigenvalue weighted by atomic mass is 10.1. The number of hydrogen-bond donors (Lipinski definition) is 2. The Hall–Kier alpha value is -2.56. The number of aliphatic imine (C=N–C) groups is 1. The van der Waals surface area contributed by atoms with Crippen LogP contribution in [0.4, 0.5) is 5.69 Å². The van der Waals surface area contributed by atoms with Crippen molar-refractivity contribution < 1.29 is 4.79 Å². The molecule has 3 heterocycles. The SMILES string of the molecule is CN=C(NCCc1c(C)[nH]c2ccccc12)N1CCN(c2cnn(C)c2)C(=O)C1.I. The summed E-state index contributed by atoms with van der Waals surface area (Å²) < 4.78 is 1.71. The standard InChI is InChI=1S/C21H27N7O.HI/c1-15-17(18-6-4-5-7-19(18)25-15)8-9-23-21(22-2)27-10-11-28(20(29)14-27)16-12-24-26(3)13-16;/h4-7,12-13,25H,8-11,14H2,1-3H3,(H,22,23);1H. The van der Waals surface area contributed by atoms with Crippen molar-refractivity contribution in [3.63, 3.8) is 0 Å². The number of piperazine rings is 1. The lowest BCUT2D eigenvalue weighted by Crippen LogP contribution is -2.55. The van der Waals surface area contributed by atoms with E-state index in [1.807, 2.05) is 24.2 Å². The molecule has 0 spiro atoms. The molecule has 3 aromatic rings. The monoisotopic (exact) mass is 521 g/mol. The van der Waals surface area contributed by atoms with E-state index in [2.05, 4.69) is 45.5 Å². The fourth-order valence-corrected chi connectivity index (χ4v) is 3.96. The van der Waals surface area contributed by atoms with E-state index in [4.69, 9.17) is 0 Å². The van der Waals surface area contributed by atoms with Gasteiger partial charge in [-0.1, -0.05) is 18.2 Å². The summed E-state index contributed by atoms with van der Waals surface area (Å²) in [6, 6.07) is 8.37. The van der Waals surface area contributed by atoms with Gasteiger partial charge in [0.1, 0.15) is 6.54 Å². The number of aromatic amines is 1. The highest BCUT2D eigenvalue weighted by atomic mass is 127. The fourth-order valence-electron chi connectivity index (χ4n) is 3.96. The third kappa shape index (κ3) is 4.45. The first-order chi connectivity index (χ1) is 14.1. The molecule has 0 bridgehead atoms. The van der Waals surface area contributed by atoms with E-state index in [0.29, 0.717) is 13.1 Å². The zero-order valence-corrected chi connectivity index (χ0v) is 19.9. The van der Waals surface area contributed by atoms with E-state index in [0.717, 1.165) is 31.2 Å². The molecule has 0 atom stereocenters. The second-order valence-corrected chi connectivity index (χ2v) is 7.34. The Bertz CT molecular complexity index is 1050. The number of aryl methyl sites for hydroxylation is 2. The van der Waals surface area contributed by atoms with Crippen molar-refractivity contribution in [2.24, 2.45) is 12.0 Å². The second kappa shape index (κ2) is 9.50. The third-order valence-corrected chi connectivity index (χ3v) is 5.42. The van der Waals surface area contributed by atoms with Gasteiger partial charge >= 0.3 is 0 Å². The molecule has 1 saturated heterocycles. The number of para-hydroxylation sites is 1. The Morgan fingerprint density at radius 1 is 1.30 bits per heavy atom. The number of nitrogens with zero attached hydrogens (tertiary/aromatic N) is 5. The number of carbonyl (C=O) groups is 1. The minimum atomic E-state index is 0. The summed E-state index contributed by atoms with van der Waals surface area (Å²) in [6.07, 6.45) is 4.48. The van der Waals surface area contributed by atoms with Crippen LogP contribution in [0, 0.1) is 6.92 Å².